The van der Waals surface area contributed by atoms with E-state index in [1.165, 1.54) is 12.8 Å². The van der Waals surface area contributed by atoms with Gasteiger partial charge in [0.15, 0.2) is 0 Å². The second-order valence-corrected chi connectivity index (χ2v) is 6.08. The molecule has 4 heteroatoms. The molecule has 1 aliphatic carbocycles. The maximum absolute atomic E-state index is 6.52. The Labute approximate surface area is 121 Å². The summed E-state index contributed by atoms with van der Waals surface area (Å²) in [5.41, 5.74) is 14.1. The molecule has 0 aliphatic heterocycles. The van der Waals surface area contributed by atoms with Gasteiger partial charge in [-0.25, -0.2) is 0 Å². The Morgan fingerprint density at radius 2 is 2.35 bits per heavy atom. The highest BCUT2D eigenvalue weighted by molar-refractivity contribution is 5.44. The van der Waals surface area contributed by atoms with Crippen LogP contribution in [0.1, 0.15) is 45.1 Å². The van der Waals surface area contributed by atoms with E-state index in [1.807, 2.05) is 19.2 Å². The van der Waals surface area contributed by atoms with Crippen LogP contribution < -0.4 is 11.5 Å². The van der Waals surface area contributed by atoms with E-state index in [0.717, 1.165) is 30.5 Å². The number of rotatable bonds is 5. The highest BCUT2D eigenvalue weighted by Gasteiger charge is 2.41. The SMILES string of the molecule is CCOC1(C(N)Cc2cnccc2N)CCCC(C)C1. The molecule has 20 heavy (non-hydrogen) atoms. The van der Waals surface area contributed by atoms with Gasteiger partial charge in [0.25, 0.3) is 0 Å². The van der Waals surface area contributed by atoms with E-state index in [0.29, 0.717) is 12.5 Å². The van der Waals surface area contributed by atoms with Crippen molar-refractivity contribution in [1.82, 2.24) is 4.98 Å². The lowest BCUT2D eigenvalue weighted by Gasteiger charge is -2.44. The summed E-state index contributed by atoms with van der Waals surface area (Å²) in [5.74, 6) is 0.674. The third-order valence-electron chi connectivity index (χ3n) is 4.48. The molecule has 1 aliphatic rings. The molecule has 3 atom stereocenters. The average Bonchev–Trinajstić information content (AvgIpc) is 2.41. The van der Waals surface area contributed by atoms with Gasteiger partial charge in [-0.2, -0.15) is 0 Å². The quantitative estimate of drug-likeness (QED) is 0.867. The first-order chi connectivity index (χ1) is 9.57. The van der Waals surface area contributed by atoms with E-state index >= 15 is 0 Å². The molecular weight excluding hydrogens is 250 g/mol. The topological polar surface area (TPSA) is 74.2 Å². The number of ether oxygens (including phenoxy) is 1. The molecule has 0 spiro atoms. The standard InChI is InChI=1S/C16H27N3O/c1-3-20-16(7-4-5-12(2)10-16)15(18)9-13-11-19-8-6-14(13)17/h6,8,11-12,15H,3-5,7,9-10,18H2,1-2H3,(H2,17,19). The van der Waals surface area contributed by atoms with Gasteiger partial charge in [-0.05, 0) is 43.7 Å². The minimum atomic E-state index is -0.200. The number of hydrogen-bond acceptors (Lipinski definition) is 4. The summed E-state index contributed by atoms with van der Waals surface area (Å²) in [7, 11) is 0. The molecule has 0 bridgehead atoms. The molecule has 1 saturated carbocycles. The number of nitrogens with two attached hydrogens (primary N) is 2. The van der Waals surface area contributed by atoms with Gasteiger partial charge in [-0.3, -0.25) is 4.98 Å². The van der Waals surface area contributed by atoms with Crippen molar-refractivity contribution in [2.24, 2.45) is 11.7 Å². The lowest BCUT2D eigenvalue weighted by Crippen LogP contribution is -2.53. The summed E-state index contributed by atoms with van der Waals surface area (Å²) in [6.07, 6.45) is 8.82. The molecule has 1 fully saturated rings. The Morgan fingerprint density at radius 1 is 1.55 bits per heavy atom. The van der Waals surface area contributed by atoms with Crippen molar-refractivity contribution in [1.29, 1.82) is 0 Å². The number of anilines is 1. The summed E-state index contributed by atoms with van der Waals surface area (Å²) in [4.78, 5) is 4.15. The van der Waals surface area contributed by atoms with Crippen LogP contribution in [0.5, 0.6) is 0 Å². The lowest BCUT2D eigenvalue weighted by molar-refractivity contribution is -0.0924. The van der Waals surface area contributed by atoms with E-state index in [-0.39, 0.29) is 11.6 Å². The second-order valence-electron chi connectivity index (χ2n) is 6.08. The van der Waals surface area contributed by atoms with E-state index < -0.39 is 0 Å². The Hall–Kier alpha value is -1.13. The highest BCUT2D eigenvalue weighted by Crippen LogP contribution is 2.38. The number of hydrogen-bond donors (Lipinski definition) is 2. The molecule has 1 aromatic heterocycles. The highest BCUT2D eigenvalue weighted by atomic mass is 16.5. The van der Waals surface area contributed by atoms with Crippen molar-refractivity contribution < 1.29 is 4.74 Å². The van der Waals surface area contributed by atoms with Gasteiger partial charge in [0, 0.05) is 30.7 Å². The second kappa shape index (κ2) is 6.55. The van der Waals surface area contributed by atoms with Crippen molar-refractivity contribution in [3.05, 3.63) is 24.0 Å². The molecule has 0 amide bonds. The van der Waals surface area contributed by atoms with E-state index in [1.54, 1.807) is 6.20 Å². The Balaban J connectivity index is 2.14. The van der Waals surface area contributed by atoms with E-state index in [9.17, 15) is 0 Å². The smallest absolute Gasteiger partial charge is 0.0838 e. The third kappa shape index (κ3) is 3.30. The summed E-state index contributed by atoms with van der Waals surface area (Å²) < 4.78 is 6.13. The normalized spacial score (nSPS) is 28.2. The first-order valence-corrected chi connectivity index (χ1v) is 7.65. The molecule has 4 nitrogen and oxygen atoms in total. The molecule has 0 aromatic carbocycles. The molecule has 4 N–H and O–H groups in total. The molecule has 0 saturated heterocycles. The van der Waals surface area contributed by atoms with Crippen LogP contribution >= 0.6 is 0 Å². The van der Waals surface area contributed by atoms with Crippen LogP contribution in [0.25, 0.3) is 0 Å². The zero-order valence-electron chi connectivity index (χ0n) is 12.6. The van der Waals surface area contributed by atoms with Crippen molar-refractivity contribution in [3.63, 3.8) is 0 Å². The largest absolute Gasteiger partial charge is 0.398 e. The first kappa shape index (κ1) is 15.3. The first-order valence-electron chi connectivity index (χ1n) is 7.65. The maximum atomic E-state index is 6.52. The van der Waals surface area contributed by atoms with Gasteiger partial charge in [-0.1, -0.05) is 19.8 Å². The molecule has 0 radical (unpaired) electrons. The number of nitrogen functional groups attached to an aromatic ring is 1. The van der Waals surface area contributed by atoms with Crippen molar-refractivity contribution in [3.8, 4) is 0 Å². The van der Waals surface area contributed by atoms with Gasteiger partial charge in [0.05, 0.1) is 5.60 Å². The van der Waals surface area contributed by atoms with Gasteiger partial charge in [-0.15, -0.1) is 0 Å². The molecule has 3 unspecified atom stereocenters. The molecule has 1 heterocycles. The van der Waals surface area contributed by atoms with Gasteiger partial charge < -0.3 is 16.2 Å². The third-order valence-corrected chi connectivity index (χ3v) is 4.48. The molecule has 2 rings (SSSR count). The monoisotopic (exact) mass is 277 g/mol. The van der Waals surface area contributed by atoms with Crippen LogP contribution in [-0.2, 0) is 11.2 Å². The van der Waals surface area contributed by atoms with Crippen LogP contribution in [0.4, 0.5) is 5.69 Å². The Bertz CT molecular complexity index is 433. The van der Waals surface area contributed by atoms with Crippen molar-refractivity contribution in [2.45, 2.75) is 57.6 Å². The summed E-state index contributed by atoms with van der Waals surface area (Å²) in [6.45, 7) is 5.05. The summed E-state index contributed by atoms with van der Waals surface area (Å²) in [5, 5.41) is 0. The predicted molar refractivity (Wildman–Crippen MR) is 82.3 cm³/mol. The van der Waals surface area contributed by atoms with Crippen molar-refractivity contribution in [2.75, 3.05) is 12.3 Å². The Kier molecular flexibility index (Phi) is 5.00. The number of aromatic nitrogens is 1. The molecule has 1 aromatic rings. The van der Waals surface area contributed by atoms with Crippen LogP contribution in [0.15, 0.2) is 18.5 Å². The van der Waals surface area contributed by atoms with Crippen molar-refractivity contribution >= 4 is 5.69 Å². The zero-order chi connectivity index (χ0) is 14.6. The minimum Gasteiger partial charge on any atom is -0.398 e. The molecular formula is C16H27N3O. The van der Waals surface area contributed by atoms with Crippen LogP contribution in [0.3, 0.4) is 0 Å². The van der Waals surface area contributed by atoms with Crippen LogP contribution in [-0.4, -0.2) is 23.2 Å². The van der Waals surface area contributed by atoms with Gasteiger partial charge in [0.2, 0.25) is 0 Å². The predicted octanol–water partition coefficient (Wildman–Crippen LogP) is 2.52. The average molecular weight is 277 g/mol. The van der Waals surface area contributed by atoms with E-state index in [2.05, 4.69) is 11.9 Å². The van der Waals surface area contributed by atoms with Gasteiger partial charge in [0.1, 0.15) is 0 Å². The maximum Gasteiger partial charge on any atom is 0.0838 e. The zero-order valence-corrected chi connectivity index (χ0v) is 12.6. The number of nitrogens with zero attached hydrogens (tertiary/aromatic N) is 1. The molecule has 112 valence electrons. The van der Waals surface area contributed by atoms with Gasteiger partial charge >= 0.3 is 0 Å². The fourth-order valence-electron chi connectivity index (χ4n) is 3.44. The fourth-order valence-corrected chi connectivity index (χ4v) is 3.44. The van der Waals surface area contributed by atoms with Crippen LogP contribution in [0, 0.1) is 5.92 Å². The lowest BCUT2D eigenvalue weighted by atomic mass is 9.73. The van der Waals surface area contributed by atoms with E-state index in [4.69, 9.17) is 16.2 Å². The number of pyridine rings is 1. The summed E-state index contributed by atoms with van der Waals surface area (Å²) in [6, 6.07) is 1.80. The summed E-state index contributed by atoms with van der Waals surface area (Å²) >= 11 is 0. The Morgan fingerprint density at radius 3 is 3.00 bits per heavy atom. The fraction of sp³-hybridized carbons (Fsp3) is 0.688. The minimum absolute atomic E-state index is 0.0308. The van der Waals surface area contributed by atoms with Crippen LogP contribution in [0.2, 0.25) is 0 Å².